The number of aryl methyl sites for hydroxylation is 1. The fourth-order valence-corrected chi connectivity index (χ4v) is 3.71. The highest BCUT2D eigenvalue weighted by atomic mass is 32.2. The Balaban J connectivity index is 0.000000640. The van der Waals surface area contributed by atoms with Crippen molar-refractivity contribution in [2.75, 3.05) is 14.2 Å². The van der Waals surface area contributed by atoms with E-state index in [9.17, 15) is 4.21 Å². The molecule has 1 atom stereocenters. The van der Waals surface area contributed by atoms with Crippen LogP contribution in [0.3, 0.4) is 0 Å². The van der Waals surface area contributed by atoms with Gasteiger partial charge in [0.05, 0.1) is 47.5 Å². The van der Waals surface area contributed by atoms with Gasteiger partial charge in [0.1, 0.15) is 11.5 Å². The number of imidazole rings is 1. The molecule has 9 nitrogen and oxygen atoms in total. The van der Waals surface area contributed by atoms with E-state index in [1.807, 2.05) is 32.0 Å². The largest absolute Gasteiger partial charge is 0.497 e. The minimum Gasteiger partial charge on any atom is -0.497 e. The van der Waals surface area contributed by atoms with Gasteiger partial charge in [-0.15, -0.1) is 0 Å². The lowest BCUT2D eigenvalue weighted by Crippen LogP contribution is -2.20. The number of aromatic amines is 1. The van der Waals surface area contributed by atoms with Crippen molar-refractivity contribution < 1.29 is 13.7 Å². The van der Waals surface area contributed by atoms with Crippen LogP contribution >= 0.6 is 0 Å². The van der Waals surface area contributed by atoms with Crippen LogP contribution < -0.4 is 20.9 Å². The molecule has 150 valence electrons. The van der Waals surface area contributed by atoms with Gasteiger partial charge in [-0.2, -0.15) is 0 Å². The topological polar surface area (TPSA) is 153 Å². The second kappa shape index (κ2) is 9.18. The Hall–Kier alpha value is -3.14. The van der Waals surface area contributed by atoms with Crippen molar-refractivity contribution in [3.05, 3.63) is 41.2 Å². The maximum atomic E-state index is 12.7. The number of aromatic nitrogens is 3. The molecular weight excluding hydrogens is 380 g/mol. The fraction of sp³-hybridized carbons (Fsp3) is 0.278. The summed E-state index contributed by atoms with van der Waals surface area (Å²) in [5.41, 5.74) is 13.1. The van der Waals surface area contributed by atoms with E-state index in [2.05, 4.69) is 26.4 Å². The number of guanidine groups is 1. The van der Waals surface area contributed by atoms with Gasteiger partial charge in [0.2, 0.25) is 0 Å². The molecule has 6 N–H and O–H groups in total. The number of fused-ring (bicyclic) bond motifs is 1. The summed E-state index contributed by atoms with van der Waals surface area (Å²) in [6.07, 6.45) is 1.74. The zero-order valence-electron chi connectivity index (χ0n) is 16.2. The van der Waals surface area contributed by atoms with E-state index < -0.39 is 10.8 Å². The maximum Gasteiger partial charge on any atom is 0.197 e. The first-order valence-electron chi connectivity index (χ1n) is 8.27. The van der Waals surface area contributed by atoms with Crippen LogP contribution in [0.5, 0.6) is 11.5 Å². The molecule has 0 saturated carbocycles. The minimum atomic E-state index is -1.33. The number of pyridine rings is 1. The van der Waals surface area contributed by atoms with E-state index in [-0.39, 0.29) is 11.7 Å². The standard InChI is InChI=1S/C17H19N3O3S.CH5N3/c1-10-8-18-15(11(2)16(10)23-4)9-24(21)17-19-13-6-5-12(22-3)7-14(13)20-17;2-1(3)4/h5-8H,9H2,1-4H3,(H,19,20);(H5,2,3,4)/t24-;/m1./s1. The van der Waals surface area contributed by atoms with Crippen LogP contribution in [0.1, 0.15) is 16.8 Å². The van der Waals surface area contributed by atoms with Crippen LogP contribution in [-0.4, -0.2) is 39.3 Å². The van der Waals surface area contributed by atoms with Gasteiger partial charge in [-0.1, -0.05) is 0 Å². The highest BCUT2D eigenvalue weighted by molar-refractivity contribution is 7.84. The number of nitrogens with two attached hydrogens (primary N) is 2. The molecule has 0 amide bonds. The molecule has 0 aliphatic carbocycles. The third kappa shape index (κ3) is 4.97. The molecule has 3 aromatic rings. The number of hydrogen-bond donors (Lipinski definition) is 4. The van der Waals surface area contributed by atoms with Gasteiger partial charge < -0.3 is 25.9 Å². The average molecular weight is 404 g/mol. The molecule has 0 saturated heterocycles. The van der Waals surface area contributed by atoms with Crippen LogP contribution in [0.25, 0.3) is 11.0 Å². The third-order valence-electron chi connectivity index (χ3n) is 3.90. The van der Waals surface area contributed by atoms with Gasteiger partial charge in [0, 0.05) is 23.4 Å². The highest BCUT2D eigenvalue weighted by Crippen LogP contribution is 2.26. The number of nitrogens with one attached hydrogen (secondary N) is 2. The lowest BCUT2D eigenvalue weighted by Gasteiger charge is -2.11. The molecule has 0 bridgehead atoms. The predicted octanol–water partition coefficient (Wildman–Crippen LogP) is 1.74. The highest BCUT2D eigenvalue weighted by Gasteiger charge is 2.16. The lowest BCUT2D eigenvalue weighted by atomic mass is 10.1. The zero-order valence-corrected chi connectivity index (χ0v) is 17.0. The smallest absolute Gasteiger partial charge is 0.197 e. The number of ether oxygens (including phenoxy) is 2. The quantitative estimate of drug-likeness (QED) is 0.373. The van der Waals surface area contributed by atoms with E-state index in [4.69, 9.17) is 14.9 Å². The normalized spacial score (nSPS) is 11.4. The van der Waals surface area contributed by atoms with Crippen molar-refractivity contribution in [3.63, 3.8) is 0 Å². The second-order valence-electron chi connectivity index (χ2n) is 5.92. The van der Waals surface area contributed by atoms with E-state index in [1.165, 1.54) is 0 Å². The SMILES string of the molecule is COc1ccc2nc([S@](=O)Cc3ncc(C)c(OC)c3C)[nH]c2c1.N=C(N)N. The summed E-state index contributed by atoms with van der Waals surface area (Å²) in [5, 5.41) is 6.49. The summed E-state index contributed by atoms with van der Waals surface area (Å²) >= 11 is 0. The van der Waals surface area contributed by atoms with Crippen LogP contribution in [0.2, 0.25) is 0 Å². The lowest BCUT2D eigenvalue weighted by molar-refractivity contribution is 0.407. The molecule has 0 aliphatic rings. The minimum absolute atomic E-state index is 0.277. The van der Waals surface area contributed by atoms with Gasteiger partial charge in [0.15, 0.2) is 11.1 Å². The third-order valence-corrected chi connectivity index (χ3v) is 5.06. The molecule has 10 heteroatoms. The van der Waals surface area contributed by atoms with E-state index >= 15 is 0 Å². The molecule has 3 rings (SSSR count). The molecule has 0 aliphatic heterocycles. The molecule has 0 spiro atoms. The zero-order chi connectivity index (χ0) is 20.8. The van der Waals surface area contributed by atoms with E-state index in [0.717, 1.165) is 39.4 Å². The summed E-state index contributed by atoms with van der Waals surface area (Å²) < 4.78 is 23.3. The molecule has 1 aromatic carbocycles. The molecular formula is C18H24N6O3S. The Bertz CT molecular complexity index is 1010. The molecule has 28 heavy (non-hydrogen) atoms. The number of methoxy groups -OCH3 is 2. The van der Waals surface area contributed by atoms with Gasteiger partial charge >= 0.3 is 0 Å². The number of benzene rings is 1. The first-order valence-corrected chi connectivity index (χ1v) is 9.59. The van der Waals surface area contributed by atoms with Crippen molar-refractivity contribution in [1.29, 1.82) is 5.41 Å². The van der Waals surface area contributed by atoms with Crippen molar-refractivity contribution in [1.82, 2.24) is 15.0 Å². The van der Waals surface area contributed by atoms with Gasteiger partial charge in [0.25, 0.3) is 0 Å². The molecule has 0 fully saturated rings. The monoisotopic (exact) mass is 404 g/mol. The molecule has 0 unspecified atom stereocenters. The van der Waals surface area contributed by atoms with Crippen molar-refractivity contribution in [2.45, 2.75) is 24.8 Å². The Morgan fingerprint density at radius 2 is 1.93 bits per heavy atom. The maximum absolute atomic E-state index is 12.7. The summed E-state index contributed by atoms with van der Waals surface area (Å²) in [6.45, 7) is 3.86. The van der Waals surface area contributed by atoms with Crippen molar-refractivity contribution in [3.8, 4) is 11.5 Å². The summed E-state index contributed by atoms with van der Waals surface area (Å²) in [6, 6.07) is 5.50. The van der Waals surface area contributed by atoms with Crippen LogP contribution in [0.15, 0.2) is 29.6 Å². The number of hydrogen-bond acceptors (Lipinski definition) is 6. The van der Waals surface area contributed by atoms with E-state index in [1.54, 1.807) is 20.4 Å². The molecule has 0 radical (unpaired) electrons. The second-order valence-corrected chi connectivity index (χ2v) is 7.28. The number of rotatable bonds is 5. The Morgan fingerprint density at radius 3 is 2.54 bits per heavy atom. The van der Waals surface area contributed by atoms with Crippen LogP contribution in [0.4, 0.5) is 0 Å². The Labute approximate surface area is 165 Å². The van der Waals surface area contributed by atoms with Crippen molar-refractivity contribution >= 4 is 27.8 Å². The first kappa shape index (κ1) is 21.2. The number of H-pyrrole nitrogens is 1. The Kier molecular flexibility index (Phi) is 6.94. The van der Waals surface area contributed by atoms with Crippen molar-refractivity contribution in [2.24, 2.45) is 11.5 Å². The molecule has 2 heterocycles. The fourth-order valence-electron chi connectivity index (χ4n) is 2.61. The van der Waals surface area contributed by atoms with Gasteiger partial charge in [-0.25, -0.2) is 4.98 Å². The van der Waals surface area contributed by atoms with Crippen LogP contribution in [-0.2, 0) is 16.6 Å². The summed E-state index contributed by atoms with van der Waals surface area (Å²) in [4.78, 5) is 11.9. The predicted molar refractivity (Wildman–Crippen MR) is 109 cm³/mol. The average Bonchev–Trinajstić information content (AvgIpc) is 3.07. The van der Waals surface area contributed by atoms with Gasteiger partial charge in [-0.3, -0.25) is 14.6 Å². The number of nitrogens with zero attached hydrogens (tertiary/aromatic N) is 2. The van der Waals surface area contributed by atoms with Crippen LogP contribution in [0, 0.1) is 19.3 Å². The Morgan fingerprint density at radius 1 is 1.25 bits per heavy atom. The van der Waals surface area contributed by atoms with E-state index in [0.29, 0.717) is 5.16 Å². The first-order chi connectivity index (χ1) is 13.3. The summed E-state index contributed by atoms with van der Waals surface area (Å²) in [7, 11) is 1.91. The molecule has 2 aromatic heterocycles. The summed E-state index contributed by atoms with van der Waals surface area (Å²) in [5.74, 6) is 1.45. The van der Waals surface area contributed by atoms with Gasteiger partial charge in [-0.05, 0) is 26.0 Å².